The minimum Gasteiger partial charge on any atom is -0.496 e. The average Bonchev–Trinajstić information content (AvgIpc) is 2.56. The van der Waals surface area contributed by atoms with E-state index in [-0.39, 0.29) is 6.04 Å². The van der Waals surface area contributed by atoms with Crippen LogP contribution in [0.2, 0.25) is 0 Å². The molecule has 1 atom stereocenters. The molecular weight excluding hydrogens is 270 g/mol. The van der Waals surface area contributed by atoms with Gasteiger partial charge in [0, 0.05) is 5.56 Å². The Hall–Kier alpha value is -2.32. The monoisotopic (exact) mass is 291 g/mol. The third-order valence-electron chi connectivity index (χ3n) is 4.06. The Balaban J connectivity index is 2.29. The molecule has 0 aromatic heterocycles. The van der Waals surface area contributed by atoms with Crippen molar-refractivity contribution < 1.29 is 4.74 Å². The van der Waals surface area contributed by atoms with Gasteiger partial charge in [0.05, 0.1) is 13.2 Å². The van der Waals surface area contributed by atoms with Crippen molar-refractivity contribution in [2.45, 2.75) is 6.04 Å². The van der Waals surface area contributed by atoms with Crippen LogP contribution in [-0.2, 0) is 0 Å². The molecule has 0 aliphatic carbocycles. The standard InChI is InChI=1S/C20H21NO/c1-21(2)20(16-10-5-4-6-11-16)19-17-12-8-7-9-15(17)13-14-18(19)22-3/h4-14,20H,1-3H3/t20-/m0/s1. The van der Waals surface area contributed by atoms with Crippen LogP contribution in [0.15, 0.2) is 66.7 Å². The molecule has 3 aromatic carbocycles. The highest BCUT2D eigenvalue weighted by Crippen LogP contribution is 2.38. The molecule has 0 fully saturated rings. The molecule has 22 heavy (non-hydrogen) atoms. The number of hydrogen-bond acceptors (Lipinski definition) is 2. The Kier molecular flexibility index (Phi) is 4.12. The van der Waals surface area contributed by atoms with E-state index in [4.69, 9.17) is 4.74 Å². The van der Waals surface area contributed by atoms with Gasteiger partial charge in [-0.2, -0.15) is 0 Å². The first-order chi connectivity index (χ1) is 10.7. The Labute approximate surface area is 132 Å². The van der Waals surface area contributed by atoms with Gasteiger partial charge in [-0.25, -0.2) is 0 Å². The number of nitrogens with zero attached hydrogens (tertiary/aromatic N) is 1. The van der Waals surface area contributed by atoms with Gasteiger partial charge in [-0.3, -0.25) is 4.90 Å². The summed E-state index contributed by atoms with van der Waals surface area (Å²) in [6.45, 7) is 0. The Bertz CT molecular complexity index is 765. The molecular formula is C20H21NO. The van der Waals surface area contributed by atoms with E-state index < -0.39 is 0 Å². The van der Waals surface area contributed by atoms with E-state index in [0.29, 0.717) is 0 Å². The van der Waals surface area contributed by atoms with E-state index in [2.05, 4.69) is 85.7 Å². The van der Waals surface area contributed by atoms with Crippen molar-refractivity contribution in [1.82, 2.24) is 4.90 Å². The smallest absolute Gasteiger partial charge is 0.124 e. The molecule has 0 unspecified atom stereocenters. The van der Waals surface area contributed by atoms with Crippen LogP contribution in [0, 0.1) is 0 Å². The lowest BCUT2D eigenvalue weighted by molar-refractivity contribution is 0.329. The molecule has 0 bridgehead atoms. The van der Waals surface area contributed by atoms with Crippen molar-refractivity contribution >= 4 is 10.8 Å². The van der Waals surface area contributed by atoms with Gasteiger partial charge in [0.15, 0.2) is 0 Å². The van der Waals surface area contributed by atoms with E-state index in [1.807, 2.05) is 0 Å². The third kappa shape index (κ3) is 2.58. The summed E-state index contributed by atoms with van der Waals surface area (Å²) in [4.78, 5) is 2.24. The summed E-state index contributed by atoms with van der Waals surface area (Å²) in [5.74, 6) is 0.932. The summed E-state index contributed by atoms with van der Waals surface area (Å²) in [6.07, 6.45) is 0. The summed E-state index contributed by atoms with van der Waals surface area (Å²) in [7, 11) is 5.96. The van der Waals surface area contributed by atoms with Crippen LogP contribution in [0.5, 0.6) is 5.75 Å². The number of rotatable bonds is 4. The molecule has 3 rings (SSSR count). The van der Waals surface area contributed by atoms with Crippen LogP contribution in [0.3, 0.4) is 0 Å². The van der Waals surface area contributed by atoms with E-state index in [1.165, 1.54) is 21.9 Å². The van der Waals surface area contributed by atoms with Gasteiger partial charge in [0.25, 0.3) is 0 Å². The predicted molar refractivity (Wildman–Crippen MR) is 92.5 cm³/mol. The maximum absolute atomic E-state index is 5.68. The predicted octanol–water partition coefficient (Wildman–Crippen LogP) is 4.50. The van der Waals surface area contributed by atoms with Gasteiger partial charge < -0.3 is 4.74 Å². The highest BCUT2D eigenvalue weighted by Gasteiger charge is 2.22. The zero-order valence-electron chi connectivity index (χ0n) is 13.3. The van der Waals surface area contributed by atoms with Crippen LogP contribution in [0.25, 0.3) is 10.8 Å². The molecule has 0 N–H and O–H groups in total. The summed E-state index contributed by atoms with van der Waals surface area (Å²) in [5, 5.41) is 2.48. The van der Waals surface area contributed by atoms with Gasteiger partial charge in [-0.15, -0.1) is 0 Å². The lowest BCUT2D eigenvalue weighted by atomic mass is 9.92. The second-order valence-electron chi connectivity index (χ2n) is 5.68. The minimum absolute atomic E-state index is 0.155. The first-order valence-electron chi connectivity index (χ1n) is 7.49. The molecule has 0 heterocycles. The van der Waals surface area contributed by atoms with E-state index in [9.17, 15) is 0 Å². The van der Waals surface area contributed by atoms with Crippen molar-refractivity contribution in [1.29, 1.82) is 0 Å². The summed E-state index contributed by atoms with van der Waals surface area (Å²) in [5.41, 5.74) is 2.49. The second-order valence-corrected chi connectivity index (χ2v) is 5.68. The van der Waals surface area contributed by atoms with Crippen LogP contribution < -0.4 is 4.74 Å². The molecule has 2 heteroatoms. The van der Waals surface area contributed by atoms with Crippen molar-refractivity contribution in [2.75, 3.05) is 21.2 Å². The summed E-state index contributed by atoms with van der Waals surface area (Å²) < 4.78 is 5.68. The quantitative estimate of drug-likeness (QED) is 0.702. The summed E-state index contributed by atoms with van der Waals surface area (Å²) >= 11 is 0. The van der Waals surface area contributed by atoms with Crippen molar-refractivity contribution in [3.05, 3.63) is 77.9 Å². The fourth-order valence-electron chi connectivity index (χ4n) is 3.09. The van der Waals surface area contributed by atoms with E-state index in [1.54, 1.807) is 7.11 Å². The first kappa shape index (κ1) is 14.6. The Morgan fingerprint density at radius 1 is 0.818 bits per heavy atom. The lowest BCUT2D eigenvalue weighted by Crippen LogP contribution is -2.22. The molecule has 0 spiro atoms. The average molecular weight is 291 g/mol. The van der Waals surface area contributed by atoms with E-state index in [0.717, 1.165) is 5.75 Å². The molecule has 2 nitrogen and oxygen atoms in total. The lowest BCUT2D eigenvalue weighted by Gasteiger charge is -2.28. The molecule has 0 saturated carbocycles. The minimum atomic E-state index is 0.155. The van der Waals surface area contributed by atoms with Crippen molar-refractivity contribution in [2.24, 2.45) is 0 Å². The van der Waals surface area contributed by atoms with E-state index >= 15 is 0 Å². The SMILES string of the molecule is COc1ccc2ccccc2c1[C@H](c1ccccc1)N(C)C. The zero-order valence-corrected chi connectivity index (χ0v) is 13.3. The zero-order chi connectivity index (χ0) is 15.5. The van der Waals surface area contributed by atoms with Gasteiger partial charge >= 0.3 is 0 Å². The number of ether oxygens (including phenoxy) is 1. The van der Waals surface area contributed by atoms with Crippen LogP contribution in [-0.4, -0.2) is 26.1 Å². The summed E-state index contributed by atoms with van der Waals surface area (Å²) in [6, 6.07) is 23.4. The van der Waals surface area contributed by atoms with Gasteiger partial charge in [0.2, 0.25) is 0 Å². The third-order valence-corrected chi connectivity index (χ3v) is 4.06. The normalized spacial score (nSPS) is 12.5. The maximum atomic E-state index is 5.68. The van der Waals surface area contributed by atoms with Crippen molar-refractivity contribution in [3.8, 4) is 5.75 Å². The molecule has 0 saturated heterocycles. The molecule has 112 valence electrons. The van der Waals surface area contributed by atoms with Gasteiger partial charge in [-0.1, -0.05) is 60.7 Å². The number of methoxy groups -OCH3 is 1. The van der Waals surface area contributed by atoms with Crippen LogP contribution >= 0.6 is 0 Å². The first-order valence-corrected chi connectivity index (χ1v) is 7.49. The topological polar surface area (TPSA) is 12.5 Å². The number of fused-ring (bicyclic) bond motifs is 1. The molecule has 0 aliphatic heterocycles. The van der Waals surface area contributed by atoms with Gasteiger partial charge in [0.1, 0.15) is 5.75 Å². The maximum Gasteiger partial charge on any atom is 0.124 e. The molecule has 0 radical (unpaired) electrons. The molecule has 3 aromatic rings. The fraction of sp³-hybridized carbons (Fsp3) is 0.200. The fourth-order valence-corrected chi connectivity index (χ4v) is 3.09. The molecule has 0 amide bonds. The van der Waals surface area contributed by atoms with Crippen molar-refractivity contribution in [3.63, 3.8) is 0 Å². The highest BCUT2D eigenvalue weighted by molar-refractivity contribution is 5.88. The van der Waals surface area contributed by atoms with Crippen LogP contribution in [0.4, 0.5) is 0 Å². The Morgan fingerprint density at radius 2 is 1.50 bits per heavy atom. The largest absolute Gasteiger partial charge is 0.496 e. The second kappa shape index (κ2) is 6.20. The highest BCUT2D eigenvalue weighted by atomic mass is 16.5. The van der Waals surface area contributed by atoms with Gasteiger partial charge in [-0.05, 0) is 36.5 Å². The number of hydrogen-bond donors (Lipinski definition) is 0. The number of benzene rings is 3. The molecule has 0 aliphatic rings. The Morgan fingerprint density at radius 3 is 2.18 bits per heavy atom. The van der Waals surface area contributed by atoms with Crippen LogP contribution in [0.1, 0.15) is 17.2 Å².